The summed E-state index contributed by atoms with van der Waals surface area (Å²) in [5.74, 6) is -0.627. The highest BCUT2D eigenvalue weighted by molar-refractivity contribution is 7.18. The molecule has 29 heavy (non-hydrogen) atoms. The Bertz CT molecular complexity index is 997. The first kappa shape index (κ1) is 20.2. The summed E-state index contributed by atoms with van der Waals surface area (Å²) in [6.07, 6.45) is 0.790. The number of hydrogen-bond donors (Lipinski definition) is 3. The molecule has 0 saturated carbocycles. The fourth-order valence-corrected chi connectivity index (χ4v) is 4.08. The van der Waals surface area contributed by atoms with Gasteiger partial charge < -0.3 is 26.4 Å². The number of ether oxygens (including phenoxy) is 1. The van der Waals surface area contributed by atoms with E-state index in [1.807, 2.05) is 0 Å². The molecule has 150 valence electrons. The van der Waals surface area contributed by atoms with Gasteiger partial charge in [-0.15, -0.1) is 11.3 Å². The van der Waals surface area contributed by atoms with Gasteiger partial charge in [-0.05, 0) is 36.6 Å². The number of primary amides is 2. The van der Waals surface area contributed by atoms with Crippen molar-refractivity contribution in [2.75, 3.05) is 18.4 Å². The zero-order valence-corrected chi connectivity index (χ0v) is 16.2. The molecule has 1 aromatic heterocycles. The summed E-state index contributed by atoms with van der Waals surface area (Å²) in [7, 11) is 0. The number of nitriles is 1. The molecule has 1 unspecified atom stereocenters. The van der Waals surface area contributed by atoms with Crippen LogP contribution >= 0.6 is 11.3 Å². The quantitative estimate of drug-likeness (QED) is 0.658. The van der Waals surface area contributed by atoms with Gasteiger partial charge in [0.05, 0.1) is 23.9 Å². The molecule has 2 heterocycles. The van der Waals surface area contributed by atoms with Crippen LogP contribution in [-0.4, -0.2) is 42.1 Å². The molecule has 9 nitrogen and oxygen atoms in total. The van der Waals surface area contributed by atoms with E-state index in [0.717, 1.165) is 16.9 Å². The lowest BCUT2D eigenvalue weighted by atomic mass is 10.1. The Morgan fingerprint density at radius 2 is 2.07 bits per heavy atom. The number of benzene rings is 1. The first-order chi connectivity index (χ1) is 13.9. The van der Waals surface area contributed by atoms with Crippen LogP contribution in [0.4, 0.5) is 15.3 Å². The third-order valence-electron chi connectivity index (χ3n) is 4.42. The van der Waals surface area contributed by atoms with Crippen LogP contribution in [0.2, 0.25) is 0 Å². The predicted molar refractivity (Wildman–Crippen MR) is 107 cm³/mol. The maximum atomic E-state index is 12.8. The molecule has 5 N–H and O–H groups in total. The summed E-state index contributed by atoms with van der Waals surface area (Å²) in [6, 6.07) is 9.17. The molecule has 0 spiro atoms. The number of nitrogens with two attached hydrogens (primary N) is 2. The van der Waals surface area contributed by atoms with Crippen LogP contribution in [-0.2, 0) is 4.74 Å². The zero-order valence-electron chi connectivity index (χ0n) is 15.4. The van der Waals surface area contributed by atoms with Crippen LogP contribution in [0.5, 0.6) is 0 Å². The maximum Gasteiger partial charge on any atom is 0.350 e. The molecule has 3 rings (SSSR count). The average Bonchev–Trinajstić information content (AvgIpc) is 3.11. The third-order valence-corrected chi connectivity index (χ3v) is 5.58. The van der Waals surface area contributed by atoms with Crippen molar-refractivity contribution < 1.29 is 19.1 Å². The lowest BCUT2D eigenvalue weighted by Crippen LogP contribution is -2.46. The number of rotatable bonds is 4. The van der Waals surface area contributed by atoms with Gasteiger partial charge in [0.15, 0.2) is 0 Å². The largest absolute Gasteiger partial charge is 0.456 e. The molecule has 2 aromatic rings. The Labute approximate surface area is 170 Å². The Hall–Kier alpha value is -3.58. The summed E-state index contributed by atoms with van der Waals surface area (Å²) in [6.45, 7) is 0.748. The van der Waals surface area contributed by atoms with Crippen LogP contribution in [0.1, 0.15) is 28.1 Å². The lowest BCUT2D eigenvalue weighted by molar-refractivity contribution is 0.0134. The smallest absolute Gasteiger partial charge is 0.350 e. The van der Waals surface area contributed by atoms with Crippen LogP contribution in [0, 0.1) is 11.3 Å². The summed E-state index contributed by atoms with van der Waals surface area (Å²) in [4.78, 5) is 37.8. The highest BCUT2D eigenvalue weighted by atomic mass is 32.1. The normalized spacial score (nSPS) is 16.0. The van der Waals surface area contributed by atoms with Crippen LogP contribution < -0.4 is 16.8 Å². The number of likely N-dealkylation sites (tertiary alicyclic amines) is 1. The summed E-state index contributed by atoms with van der Waals surface area (Å²) in [5.41, 5.74) is 12.0. The minimum Gasteiger partial charge on any atom is -0.456 e. The molecule has 1 aromatic carbocycles. The first-order valence-electron chi connectivity index (χ1n) is 8.83. The summed E-state index contributed by atoms with van der Waals surface area (Å²) >= 11 is 1.12. The topological polar surface area (TPSA) is 152 Å². The van der Waals surface area contributed by atoms with Crippen molar-refractivity contribution in [2.24, 2.45) is 11.5 Å². The van der Waals surface area contributed by atoms with Gasteiger partial charge in [0.25, 0.3) is 0 Å². The molecule has 1 aliphatic rings. The zero-order chi connectivity index (χ0) is 21.0. The lowest BCUT2D eigenvalue weighted by Gasteiger charge is -2.31. The van der Waals surface area contributed by atoms with Crippen LogP contribution in [0.25, 0.3) is 10.4 Å². The van der Waals surface area contributed by atoms with Crippen LogP contribution in [0.3, 0.4) is 0 Å². The number of urea groups is 2. The van der Waals surface area contributed by atoms with Crippen molar-refractivity contribution in [1.82, 2.24) is 4.90 Å². The molecular formula is C19H19N5O4S. The van der Waals surface area contributed by atoms with Crippen LogP contribution in [0.15, 0.2) is 30.3 Å². The first-order valence-corrected chi connectivity index (χ1v) is 9.65. The number of nitrogens with zero attached hydrogens (tertiary/aromatic N) is 2. The van der Waals surface area contributed by atoms with E-state index >= 15 is 0 Å². The molecule has 4 amide bonds. The molecule has 1 saturated heterocycles. The number of carbonyl (C=O) groups excluding carboxylic acids is 3. The van der Waals surface area contributed by atoms with Crippen molar-refractivity contribution in [3.05, 3.63) is 40.8 Å². The second kappa shape index (κ2) is 8.62. The Morgan fingerprint density at radius 1 is 1.28 bits per heavy atom. The third kappa shape index (κ3) is 4.83. The molecule has 1 fully saturated rings. The van der Waals surface area contributed by atoms with E-state index in [1.165, 1.54) is 4.90 Å². The van der Waals surface area contributed by atoms with Gasteiger partial charge in [-0.25, -0.2) is 14.4 Å². The second-order valence-corrected chi connectivity index (χ2v) is 7.54. The van der Waals surface area contributed by atoms with Crippen molar-refractivity contribution >= 4 is 35.1 Å². The van der Waals surface area contributed by atoms with Crippen molar-refractivity contribution in [3.63, 3.8) is 0 Å². The van der Waals surface area contributed by atoms with Gasteiger partial charge in [0, 0.05) is 11.4 Å². The number of carbonyl (C=O) groups is 3. The number of piperidine rings is 1. The molecule has 10 heteroatoms. The average molecular weight is 413 g/mol. The number of thiophene rings is 1. The van der Waals surface area contributed by atoms with Gasteiger partial charge in [-0.1, -0.05) is 12.1 Å². The van der Waals surface area contributed by atoms with E-state index in [1.54, 1.807) is 30.3 Å². The van der Waals surface area contributed by atoms with E-state index in [-0.39, 0.29) is 17.1 Å². The molecule has 0 bridgehead atoms. The Morgan fingerprint density at radius 3 is 2.76 bits per heavy atom. The van der Waals surface area contributed by atoms with E-state index in [4.69, 9.17) is 21.5 Å². The molecule has 1 aliphatic heterocycles. The number of nitrogens with one attached hydrogen (secondary N) is 1. The number of hydrogen-bond acceptors (Lipinski definition) is 6. The number of amides is 4. The van der Waals surface area contributed by atoms with Gasteiger partial charge in [0.2, 0.25) is 0 Å². The standard InChI is InChI=1S/C19H19N5O4S/c20-9-11-3-1-4-12(7-11)15-8-14(23-18(21)26)16(29-15)17(25)28-13-5-2-6-24(10-13)19(22)27/h1,3-4,7-8,13H,2,5-6,10H2,(H2,22,27)(H3,21,23,26). The van der Waals surface area contributed by atoms with Gasteiger partial charge >= 0.3 is 18.0 Å². The number of anilines is 1. The monoisotopic (exact) mass is 413 g/mol. The highest BCUT2D eigenvalue weighted by Gasteiger charge is 2.27. The van der Waals surface area contributed by atoms with Crippen molar-refractivity contribution in [3.8, 4) is 16.5 Å². The highest BCUT2D eigenvalue weighted by Crippen LogP contribution is 2.36. The fourth-order valence-electron chi connectivity index (χ4n) is 3.09. The number of esters is 1. The van der Waals surface area contributed by atoms with E-state index in [2.05, 4.69) is 11.4 Å². The van der Waals surface area contributed by atoms with E-state index in [0.29, 0.717) is 29.8 Å². The Balaban J connectivity index is 1.85. The maximum absolute atomic E-state index is 12.8. The van der Waals surface area contributed by atoms with Crippen molar-refractivity contribution in [1.29, 1.82) is 5.26 Å². The summed E-state index contributed by atoms with van der Waals surface area (Å²) < 4.78 is 5.55. The van der Waals surface area contributed by atoms with Gasteiger partial charge in [-0.2, -0.15) is 5.26 Å². The SMILES string of the molecule is N#Cc1cccc(-c2cc(NC(N)=O)c(C(=O)OC3CCCN(C(N)=O)C3)s2)c1. The molecule has 1 atom stereocenters. The van der Waals surface area contributed by atoms with E-state index < -0.39 is 24.1 Å². The van der Waals surface area contributed by atoms with E-state index in [9.17, 15) is 14.4 Å². The van der Waals surface area contributed by atoms with Gasteiger partial charge in [-0.3, -0.25) is 0 Å². The minimum atomic E-state index is -0.813. The fraction of sp³-hybridized carbons (Fsp3) is 0.263. The Kier molecular flexibility index (Phi) is 5.99. The summed E-state index contributed by atoms with van der Waals surface area (Å²) in [5, 5.41) is 11.5. The van der Waals surface area contributed by atoms with Gasteiger partial charge in [0.1, 0.15) is 11.0 Å². The molecule has 0 radical (unpaired) electrons. The molecular weight excluding hydrogens is 394 g/mol. The van der Waals surface area contributed by atoms with Crippen molar-refractivity contribution in [2.45, 2.75) is 18.9 Å². The minimum absolute atomic E-state index is 0.178. The molecule has 0 aliphatic carbocycles. The predicted octanol–water partition coefficient (Wildman–Crippen LogP) is 2.48. The second-order valence-electron chi connectivity index (χ2n) is 6.49.